The molecule has 0 aromatic heterocycles. The molecule has 2 rings (SSSR count). The van der Waals surface area contributed by atoms with Crippen LogP contribution in [0.25, 0.3) is 0 Å². The Balaban J connectivity index is 1.63. The van der Waals surface area contributed by atoms with Crippen molar-refractivity contribution in [1.82, 2.24) is 5.32 Å². The molecule has 3 atom stereocenters. The van der Waals surface area contributed by atoms with Crippen molar-refractivity contribution in [2.75, 3.05) is 19.8 Å². The van der Waals surface area contributed by atoms with Crippen molar-refractivity contribution in [3.8, 4) is 0 Å². The Morgan fingerprint density at radius 1 is 1.11 bits per heavy atom. The molecule has 0 radical (unpaired) electrons. The predicted octanol–water partition coefficient (Wildman–Crippen LogP) is 3.27. The summed E-state index contributed by atoms with van der Waals surface area (Å²) in [5.74, 6) is 0. The topological polar surface area (TPSA) is 30.5 Å². The summed E-state index contributed by atoms with van der Waals surface area (Å²) in [7, 11) is 0. The van der Waals surface area contributed by atoms with Crippen LogP contribution in [0.4, 0.5) is 0 Å². The van der Waals surface area contributed by atoms with Crippen molar-refractivity contribution in [2.24, 2.45) is 0 Å². The zero-order valence-electron chi connectivity index (χ0n) is 12.5. The molecule has 0 aromatic rings. The highest BCUT2D eigenvalue weighted by molar-refractivity contribution is 4.76. The average Bonchev–Trinajstić information content (AvgIpc) is 3.08. The lowest BCUT2D eigenvalue weighted by Crippen LogP contribution is -2.33. The Labute approximate surface area is 118 Å². The van der Waals surface area contributed by atoms with E-state index in [1.54, 1.807) is 0 Å². The quantitative estimate of drug-likeness (QED) is 0.697. The second-order valence-corrected chi connectivity index (χ2v) is 6.09. The maximum Gasteiger partial charge on any atom is 0.0590 e. The minimum absolute atomic E-state index is 0.511. The van der Waals surface area contributed by atoms with Gasteiger partial charge in [-0.25, -0.2) is 0 Å². The van der Waals surface area contributed by atoms with Gasteiger partial charge in [0.1, 0.15) is 0 Å². The fraction of sp³-hybridized carbons (Fsp3) is 1.00. The molecule has 2 aliphatic rings. The maximum atomic E-state index is 5.78. The van der Waals surface area contributed by atoms with Crippen molar-refractivity contribution >= 4 is 0 Å². The van der Waals surface area contributed by atoms with Crippen molar-refractivity contribution in [3.63, 3.8) is 0 Å². The van der Waals surface area contributed by atoms with Crippen molar-refractivity contribution in [2.45, 2.75) is 83.0 Å². The monoisotopic (exact) mass is 269 g/mol. The summed E-state index contributed by atoms with van der Waals surface area (Å²) in [5, 5.41) is 3.70. The van der Waals surface area contributed by atoms with E-state index in [2.05, 4.69) is 12.2 Å². The van der Waals surface area contributed by atoms with Gasteiger partial charge in [-0.3, -0.25) is 0 Å². The van der Waals surface area contributed by atoms with E-state index in [0.717, 1.165) is 19.8 Å². The van der Waals surface area contributed by atoms with E-state index in [9.17, 15) is 0 Å². The number of hydrogen-bond acceptors (Lipinski definition) is 3. The molecular formula is C16H31NO2. The number of rotatable bonds is 9. The summed E-state index contributed by atoms with van der Waals surface area (Å²) >= 11 is 0. The van der Waals surface area contributed by atoms with Crippen LogP contribution in [0.15, 0.2) is 0 Å². The van der Waals surface area contributed by atoms with Crippen LogP contribution in [0.1, 0.15) is 64.7 Å². The summed E-state index contributed by atoms with van der Waals surface area (Å²) < 4.78 is 11.5. The van der Waals surface area contributed by atoms with Crippen LogP contribution < -0.4 is 5.32 Å². The molecule has 2 aliphatic heterocycles. The summed E-state index contributed by atoms with van der Waals surface area (Å²) in [6.45, 7) is 5.33. The normalized spacial score (nSPS) is 28.9. The fourth-order valence-corrected chi connectivity index (χ4v) is 3.26. The highest BCUT2D eigenvalue weighted by Gasteiger charge is 2.21. The first-order valence-electron chi connectivity index (χ1n) is 8.35. The predicted molar refractivity (Wildman–Crippen MR) is 78.5 cm³/mol. The van der Waals surface area contributed by atoms with Gasteiger partial charge in [0, 0.05) is 19.3 Å². The first-order valence-corrected chi connectivity index (χ1v) is 8.35. The number of nitrogens with one attached hydrogen (secondary N) is 1. The lowest BCUT2D eigenvalue weighted by atomic mass is 9.99. The minimum Gasteiger partial charge on any atom is -0.378 e. The summed E-state index contributed by atoms with van der Waals surface area (Å²) in [6, 6.07) is 0.643. The largest absolute Gasteiger partial charge is 0.378 e. The van der Waals surface area contributed by atoms with Gasteiger partial charge in [-0.1, -0.05) is 6.92 Å². The first kappa shape index (κ1) is 15.3. The van der Waals surface area contributed by atoms with Crippen LogP contribution in [0.2, 0.25) is 0 Å². The highest BCUT2D eigenvalue weighted by atomic mass is 16.5. The Morgan fingerprint density at radius 2 is 1.84 bits per heavy atom. The van der Waals surface area contributed by atoms with Crippen molar-refractivity contribution in [1.29, 1.82) is 0 Å². The third-order valence-corrected chi connectivity index (χ3v) is 4.36. The standard InChI is InChI=1S/C16H31NO2/c1-2-10-17-14(13-16-9-5-12-19-16)6-3-7-15-8-4-11-18-15/h14-17H,2-13H2,1H3. The van der Waals surface area contributed by atoms with E-state index in [-0.39, 0.29) is 0 Å². The molecule has 2 saturated heterocycles. The Hall–Kier alpha value is -0.120. The van der Waals surface area contributed by atoms with Crippen LogP contribution in [-0.2, 0) is 9.47 Å². The number of ether oxygens (including phenoxy) is 2. The van der Waals surface area contributed by atoms with Gasteiger partial charge in [-0.05, 0) is 64.3 Å². The van der Waals surface area contributed by atoms with E-state index in [1.807, 2.05) is 0 Å². The summed E-state index contributed by atoms with van der Waals surface area (Å²) in [5.41, 5.74) is 0. The van der Waals surface area contributed by atoms with Gasteiger partial charge in [0.25, 0.3) is 0 Å². The third-order valence-electron chi connectivity index (χ3n) is 4.36. The summed E-state index contributed by atoms with van der Waals surface area (Å²) in [4.78, 5) is 0. The van der Waals surface area contributed by atoms with Gasteiger partial charge < -0.3 is 14.8 Å². The van der Waals surface area contributed by atoms with Crippen LogP contribution >= 0.6 is 0 Å². The summed E-state index contributed by atoms with van der Waals surface area (Å²) in [6.07, 6.45) is 12.3. The molecule has 2 fully saturated rings. The van der Waals surface area contributed by atoms with E-state index in [4.69, 9.17) is 9.47 Å². The van der Waals surface area contributed by atoms with Gasteiger partial charge in [0.15, 0.2) is 0 Å². The molecule has 3 nitrogen and oxygen atoms in total. The molecule has 0 bridgehead atoms. The molecule has 0 spiro atoms. The van der Waals surface area contributed by atoms with E-state index < -0.39 is 0 Å². The van der Waals surface area contributed by atoms with Crippen LogP contribution in [0.5, 0.6) is 0 Å². The molecule has 112 valence electrons. The van der Waals surface area contributed by atoms with E-state index in [0.29, 0.717) is 18.2 Å². The SMILES string of the molecule is CCCNC(CCCC1CCCO1)CC1CCCO1. The van der Waals surface area contributed by atoms with Gasteiger partial charge in [0.05, 0.1) is 12.2 Å². The van der Waals surface area contributed by atoms with Crippen LogP contribution in [0, 0.1) is 0 Å². The Morgan fingerprint density at radius 3 is 2.47 bits per heavy atom. The first-order chi connectivity index (χ1) is 9.38. The second-order valence-electron chi connectivity index (χ2n) is 6.09. The molecule has 19 heavy (non-hydrogen) atoms. The van der Waals surface area contributed by atoms with E-state index in [1.165, 1.54) is 57.8 Å². The van der Waals surface area contributed by atoms with E-state index >= 15 is 0 Å². The van der Waals surface area contributed by atoms with Crippen molar-refractivity contribution in [3.05, 3.63) is 0 Å². The molecule has 3 unspecified atom stereocenters. The maximum absolute atomic E-state index is 5.78. The molecule has 0 saturated carbocycles. The van der Waals surface area contributed by atoms with Crippen LogP contribution in [0.3, 0.4) is 0 Å². The molecule has 0 amide bonds. The number of hydrogen-bond donors (Lipinski definition) is 1. The Bertz CT molecular complexity index is 223. The van der Waals surface area contributed by atoms with Crippen LogP contribution in [-0.4, -0.2) is 38.0 Å². The molecule has 1 N–H and O–H groups in total. The molecular weight excluding hydrogens is 238 g/mol. The smallest absolute Gasteiger partial charge is 0.0590 e. The minimum atomic E-state index is 0.511. The lowest BCUT2D eigenvalue weighted by molar-refractivity contribution is 0.0886. The highest BCUT2D eigenvalue weighted by Crippen LogP contribution is 2.22. The average molecular weight is 269 g/mol. The second kappa shape index (κ2) is 8.93. The van der Waals surface area contributed by atoms with Gasteiger partial charge in [-0.2, -0.15) is 0 Å². The zero-order chi connectivity index (χ0) is 13.3. The Kier molecular flexibility index (Phi) is 7.18. The fourth-order valence-electron chi connectivity index (χ4n) is 3.26. The van der Waals surface area contributed by atoms with Crippen molar-refractivity contribution < 1.29 is 9.47 Å². The molecule has 0 aliphatic carbocycles. The lowest BCUT2D eigenvalue weighted by Gasteiger charge is -2.22. The van der Waals surface area contributed by atoms with Gasteiger partial charge in [0.2, 0.25) is 0 Å². The third kappa shape index (κ3) is 5.80. The zero-order valence-corrected chi connectivity index (χ0v) is 12.5. The van der Waals surface area contributed by atoms with Gasteiger partial charge >= 0.3 is 0 Å². The molecule has 2 heterocycles. The molecule has 3 heteroatoms. The molecule has 0 aromatic carbocycles. The van der Waals surface area contributed by atoms with Gasteiger partial charge in [-0.15, -0.1) is 0 Å².